The Bertz CT molecular complexity index is 1210. The molecule has 1 saturated heterocycles. The van der Waals surface area contributed by atoms with E-state index >= 15 is 0 Å². The average molecular weight is 409 g/mol. The highest BCUT2D eigenvalue weighted by Crippen LogP contribution is 2.45. The summed E-state index contributed by atoms with van der Waals surface area (Å²) in [6.07, 6.45) is 3.62. The highest BCUT2D eigenvalue weighted by Gasteiger charge is 2.43. The van der Waals surface area contributed by atoms with E-state index in [-0.39, 0.29) is 11.3 Å². The maximum Gasteiger partial charge on any atom is 0.183 e. The van der Waals surface area contributed by atoms with Crippen LogP contribution in [0.4, 0.5) is 5.69 Å². The van der Waals surface area contributed by atoms with Gasteiger partial charge in [-0.05, 0) is 59.7 Å². The Morgan fingerprint density at radius 2 is 1.65 bits per heavy atom. The van der Waals surface area contributed by atoms with Crippen molar-refractivity contribution in [3.05, 3.63) is 89.6 Å². The Kier molecular flexibility index (Phi) is 4.13. The van der Waals surface area contributed by atoms with E-state index in [1.165, 1.54) is 27.6 Å². The van der Waals surface area contributed by atoms with Gasteiger partial charge in [-0.15, -0.1) is 0 Å². The third kappa shape index (κ3) is 2.80. The first-order valence-corrected chi connectivity index (χ1v) is 11.4. The molecule has 156 valence electrons. The summed E-state index contributed by atoms with van der Waals surface area (Å²) >= 11 is 0. The molecule has 3 aromatic rings. The van der Waals surface area contributed by atoms with Crippen molar-refractivity contribution >= 4 is 22.2 Å². The minimum Gasteiger partial charge on any atom is -0.333 e. The lowest BCUT2D eigenvalue weighted by Gasteiger charge is -2.51. The van der Waals surface area contributed by atoms with Crippen LogP contribution in [0.3, 0.4) is 0 Å². The molecule has 0 amide bonds. The van der Waals surface area contributed by atoms with Crippen molar-refractivity contribution in [2.24, 2.45) is 0 Å². The minimum atomic E-state index is -0.0861. The minimum absolute atomic E-state index is 0.0861. The predicted molar refractivity (Wildman–Crippen MR) is 126 cm³/mol. The van der Waals surface area contributed by atoms with Gasteiger partial charge in [0.15, 0.2) is 5.78 Å². The number of allylic oxidation sites excluding steroid dienone is 1. The molecule has 1 fully saturated rings. The number of para-hydroxylation sites is 1. The zero-order valence-corrected chi connectivity index (χ0v) is 18.1. The Labute approximate surface area is 184 Å². The second kappa shape index (κ2) is 6.80. The first-order valence-electron chi connectivity index (χ1n) is 11.4. The van der Waals surface area contributed by atoms with Crippen molar-refractivity contribution in [2.75, 3.05) is 18.0 Å². The predicted octanol–water partition coefficient (Wildman–Crippen LogP) is 5.44. The molecule has 3 heteroatoms. The first kappa shape index (κ1) is 18.8. The summed E-state index contributed by atoms with van der Waals surface area (Å²) in [5, 5.41) is 2.83. The summed E-state index contributed by atoms with van der Waals surface area (Å²) in [5.41, 5.74) is 5.84. The Balaban J connectivity index is 1.28. The van der Waals surface area contributed by atoms with E-state index in [4.69, 9.17) is 0 Å². The highest BCUT2D eigenvalue weighted by molar-refractivity contribution is 6.03. The molecule has 1 unspecified atom stereocenters. The van der Waals surface area contributed by atoms with E-state index in [1.807, 2.05) is 6.07 Å². The molecule has 0 bridgehead atoms. The number of carbonyl (C=O) groups is 1. The SMILES string of the molecule is C=C1C(=O)Cc2ccccc2N1C1(C)CCN(C2Cc3cccc4cccc2c34)CC1. The lowest BCUT2D eigenvalue weighted by atomic mass is 9.83. The van der Waals surface area contributed by atoms with Gasteiger partial charge >= 0.3 is 0 Å². The number of rotatable bonds is 2. The fourth-order valence-corrected chi connectivity index (χ4v) is 6.12. The van der Waals surface area contributed by atoms with E-state index in [2.05, 4.69) is 77.9 Å². The zero-order valence-electron chi connectivity index (χ0n) is 18.1. The van der Waals surface area contributed by atoms with Crippen LogP contribution < -0.4 is 4.90 Å². The molecule has 6 rings (SSSR count). The number of hydrogen-bond acceptors (Lipinski definition) is 3. The summed E-state index contributed by atoms with van der Waals surface area (Å²) in [5.74, 6) is 0.153. The van der Waals surface area contributed by atoms with Crippen LogP contribution in [0, 0.1) is 0 Å². The van der Waals surface area contributed by atoms with Crippen molar-refractivity contribution < 1.29 is 4.79 Å². The van der Waals surface area contributed by atoms with Gasteiger partial charge in [0.05, 0.1) is 5.70 Å². The van der Waals surface area contributed by atoms with Gasteiger partial charge in [-0.2, -0.15) is 0 Å². The molecule has 31 heavy (non-hydrogen) atoms. The van der Waals surface area contributed by atoms with Gasteiger partial charge in [-0.1, -0.05) is 61.2 Å². The van der Waals surface area contributed by atoms with Crippen molar-refractivity contribution in [1.82, 2.24) is 4.90 Å². The molecule has 2 aliphatic heterocycles. The third-order valence-electron chi connectivity index (χ3n) is 7.83. The van der Waals surface area contributed by atoms with E-state index < -0.39 is 0 Å². The van der Waals surface area contributed by atoms with Gasteiger partial charge in [-0.3, -0.25) is 9.69 Å². The molecule has 0 aromatic heterocycles. The summed E-state index contributed by atoms with van der Waals surface area (Å²) in [4.78, 5) is 17.6. The van der Waals surface area contributed by atoms with Gasteiger partial charge in [0.25, 0.3) is 0 Å². The highest BCUT2D eigenvalue weighted by atomic mass is 16.1. The molecule has 0 spiro atoms. The second-order valence-corrected chi connectivity index (χ2v) is 9.63. The number of anilines is 1. The van der Waals surface area contributed by atoms with Crippen LogP contribution in [0.15, 0.2) is 72.9 Å². The summed E-state index contributed by atoms with van der Waals surface area (Å²) in [6.45, 7) is 8.59. The second-order valence-electron chi connectivity index (χ2n) is 9.63. The molecule has 2 heterocycles. The fraction of sp³-hybridized carbons (Fsp3) is 0.321. The standard InChI is InChI=1S/C28H28N2O/c1-19-26(31)18-21-7-3-4-12-24(21)30(19)28(2)13-15-29(16-14-28)25-17-22-10-5-8-20-9-6-11-23(25)27(20)22/h3-12,25H,1,13-18H2,2H3. The maximum atomic E-state index is 12.7. The Hall–Kier alpha value is -2.91. The monoisotopic (exact) mass is 408 g/mol. The third-order valence-corrected chi connectivity index (χ3v) is 7.83. The van der Waals surface area contributed by atoms with Gasteiger partial charge in [0, 0.05) is 36.8 Å². The number of fused-ring (bicyclic) bond motifs is 1. The number of benzene rings is 3. The quantitative estimate of drug-likeness (QED) is 0.528. The zero-order chi connectivity index (χ0) is 21.2. The van der Waals surface area contributed by atoms with Gasteiger partial charge < -0.3 is 4.90 Å². The van der Waals surface area contributed by atoms with Crippen molar-refractivity contribution in [3.8, 4) is 0 Å². The van der Waals surface area contributed by atoms with Crippen molar-refractivity contribution in [1.29, 1.82) is 0 Å². The lowest BCUT2D eigenvalue weighted by Crippen LogP contribution is -2.56. The van der Waals surface area contributed by atoms with E-state index in [0.717, 1.165) is 37.9 Å². The fourth-order valence-electron chi connectivity index (χ4n) is 6.12. The summed E-state index contributed by atoms with van der Waals surface area (Å²) < 4.78 is 0. The van der Waals surface area contributed by atoms with Crippen LogP contribution in [0.25, 0.3) is 10.8 Å². The van der Waals surface area contributed by atoms with E-state index in [9.17, 15) is 4.79 Å². The number of likely N-dealkylation sites (tertiary alicyclic amines) is 1. The van der Waals surface area contributed by atoms with Crippen LogP contribution >= 0.6 is 0 Å². The van der Waals surface area contributed by atoms with Crippen LogP contribution in [-0.4, -0.2) is 29.3 Å². The molecule has 1 aliphatic carbocycles. The summed E-state index contributed by atoms with van der Waals surface area (Å²) in [6, 6.07) is 22.3. The Morgan fingerprint density at radius 3 is 2.45 bits per heavy atom. The number of piperidine rings is 1. The first-order chi connectivity index (χ1) is 15.0. The maximum absolute atomic E-state index is 12.7. The van der Waals surface area contributed by atoms with E-state index in [0.29, 0.717) is 18.2 Å². The number of carbonyl (C=O) groups excluding carboxylic acids is 1. The van der Waals surface area contributed by atoms with Gasteiger partial charge in [0.1, 0.15) is 0 Å². The average Bonchev–Trinajstić information content (AvgIpc) is 3.16. The number of Topliss-reactive ketones (excluding diaryl/α,β-unsaturated/α-hetero) is 1. The molecular formula is C28H28N2O. The van der Waals surface area contributed by atoms with Crippen LogP contribution in [0.1, 0.15) is 42.5 Å². The molecule has 0 saturated carbocycles. The molecule has 3 aliphatic rings. The van der Waals surface area contributed by atoms with E-state index in [1.54, 1.807) is 0 Å². The number of nitrogens with zero attached hydrogens (tertiary/aromatic N) is 2. The molecule has 0 radical (unpaired) electrons. The normalized spacial score (nSPS) is 22.7. The van der Waals surface area contributed by atoms with Crippen molar-refractivity contribution in [2.45, 2.75) is 44.2 Å². The van der Waals surface area contributed by atoms with Gasteiger partial charge in [-0.25, -0.2) is 0 Å². The number of ketones is 1. The molecule has 3 aromatic carbocycles. The number of hydrogen-bond donors (Lipinski definition) is 0. The largest absolute Gasteiger partial charge is 0.333 e. The van der Waals surface area contributed by atoms with Crippen LogP contribution in [-0.2, 0) is 17.6 Å². The van der Waals surface area contributed by atoms with Crippen molar-refractivity contribution in [3.63, 3.8) is 0 Å². The lowest BCUT2D eigenvalue weighted by molar-refractivity contribution is -0.115. The topological polar surface area (TPSA) is 23.6 Å². The van der Waals surface area contributed by atoms with Gasteiger partial charge in [0.2, 0.25) is 0 Å². The smallest absolute Gasteiger partial charge is 0.183 e. The molecule has 3 nitrogen and oxygen atoms in total. The van der Waals surface area contributed by atoms with Crippen LogP contribution in [0.2, 0.25) is 0 Å². The Morgan fingerprint density at radius 1 is 0.935 bits per heavy atom. The summed E-state index contributed by atoms with van der Waals surface area (Å²) in [7, 11) is 0. The molecular weight excluding hydrogens is 380 g/mol. The molecule has 0 N–H and O–H groups in total. The molecule has 1 atom stereocenters. The van der Waals surface area contributed by atoms with Crippen LogP contribution in [0.5, 0.6) is 0 Å².